The molecule has 258 valence electrons. The van der Waals surface area contributed by atoms with E-state index in [1.54, 1.807) is 18.3 Å². The van der Waals surface area contributed by atoms with E-state index < -0.39 is 16.9 Å². The molecule has 2 heterocycles. The fourth-order valence-corrected chi connectivity index (χ4v) is 6.47. The van der Waals surface area contributed by atoms with Crippen LogP contribution < -0.4 is 14.8 Å². The van der Waals surface area contributed by atoms with Crippen molar-refractivity contribution in [3.05, 3.63) is 106 Å². The van der Waals surface area contributed by atoms with Gasteiger partial charge in [0, 0.05) is 62.2 Å². The van der Waals surface area contributed by atoms with Gasteiger partial charge in [0.05, 0.1) is 28.9 Å². The van der Waals surface area contributed by atoms with Gasteiger partial charge in [0.1, 0.15) is 36.4 Å². The summed E-state index contributed by atoms with van der Waals surface area (Å²) in [6.07, 6.45) is 10.5. The number of hydrogen-bond donors (Lipinski definition) is 3. The molecule has 0 radical (unpaired) electrons. The summed E-state index contributed by atoms with van der Waals surface area (Å²) >= 11 is 6.75. The van der Waals surface area contributed by atoms with Crippen molar-refractivity contribution in [1.82, 2.24) is 15.2 Å². The van der Waals surface area contributed by atoms with Crippen molar-refractivity contribution in [2.45, 2.75) is 45.0 Å². The number of aliphatic hydroxyl groups excluding tert-OH is 2. The summed E-state index contributed by atoms with van der Waals surface area (Å²) in [6, 6.07) is 17.0. The number of carbonyl (C=O) groups is 1. The second-order valence-corrected chi connectivity index (χ2v) is 13.2. The standard InChI is InChI=1S/C38H43ClN4O6/c1-37(2)32(29-8-4-3-5-9-29)10-6-12-38(37,49-17-7-14-43-15-11-30(45)24-43)26-48-35-20-34(31(19-33(35)39)36(46)42-13-16-44)47-25-28-18-27(21-40)22-41-23-28/h3-6,8-10,12,18-20,22-23,30,44-45H,7,11,13-17,24-26H2,1-2H3,(H,42,46)/t30?,38-/m0/s1. The van der Waals surface area contributed by atoms with E-state index in [2.05, 4.69) is 53.3 Å². The van der Waals surface area contributed by atoms with Gasteiger partial charge in [-0.25, -0.2) is 0 Å². The zero-order valence-electron chi connectivity index (χ0n) is 27.9. The molecule has 10 nitrogen and oxygen atoms in total. The van der Waals surface area contributed by atoms with E-state index in [9.17, 15) is 20.3 Å². The van der Waals surface area contributed by atoms with Crippen molar-refractivity contribution in [1.29, 1.82) is 5.26 Å². The number of allylic oxidation sites excluding steroid dienone is 2. The van der Waals surface area contributed by atoms with E-state index in [-0.39, 0.29) is 48.8 Å². The number of pyridine rings is 1. The maximum atomic E-state index is 13.1. The van der Waals surface area contributed by atoms with Crippen molar-refractivity contribution in [2.75, 3.05) is 46.0 Å². The molecule has 3 N–H and O–H groups in total. The summed E-state index contributed by atoms with van der Waals surface area (Å²) in [5, 5.41) is 31.4. The summed E-state index contributed by atoms with van der Waals surface area (Å²) in [5.41, 5.74) is 1.93. The molecule has 11 heteroatoms. The Hall–Kier alpha value is -4.24. The monoisotopic (exact) mass is 686 g/mol. The van der Waals surface area contributed by atoms with Crippen LogP contribution >= 0.6 is 11.6 Å². The van der Waals surface area contributed by atoms with Gasteiger partial charge >= 0.3 is 0 Å². The second-order valence-electron chi connectivity index (χ2n) is 12.8. The molecule has 1 aliphatic heterocycles. The minimum atomic E-state index is -0.900. The summed E-state index contributed by atoms with van der Waals surface area (Å²) in [6.45, 7) is 7.09. The normalized spacial score (nSPS) is 20.0. The third-order valence-corrected chi connectivity index (χ3v) is 9.40. The molecule has 1 saturated heterocycles. The summed E-state index contributed by atoms with van der Waals surface area (Å²) in [4.78, 5) is 19.4. The predicted molar refractivity (Wildman–Crippen MR) is 187 cm³/mol. The number of aliphatic hydroxyl groups is 2. The number of nitrogens with one attached hydrogen (secondary N) is 1. The Morgan fingerprint density at radius 1 is 1.16 bits per heavy atom. The number of benzene rings is 2. The Bertz CT molecular complexity index is 1710. The van der Waals surface area contributed by atoms with E-state index in [1.807, 2.05) is 30.4 Å². The highest BCUT2D eigenvalue weighted by Crippen LogP contribution is 2.49. The van der Waals surface area contributed by atoms with Gasteiger partial charge < -0.3 is 34.6 Å². The third-order valence-electron chi connectivity index (χ3n) is 9.11. The number of ether oxygens (including phenoxy) is 3. The topological polar surface area (TPSA) is 137 Å². The van der Waals surface area contributed by atoms with Crippen LogP contribution in [0, 0.1) is 16.7 Å². The van der Waals surface area contributed by atoms with Crippen LogP contribution in [-0.2, 0) is 11.3 Å². The minimum absolute atomic E-state index is 0.0337. The lowest BCUT2D eigenvalue weighted by molar-refractivity contribution is -0.0926. The molecular weight excluding hydrogens is 644 g/mol. The predicted octanol–water partition coefficient (Wildman–Crippen LogP) is 5.18. The number of β-amino-alcohol motifs (C(OH)–C–C–N with tert-alkyl or cyclic N) is 1. The minimum Gasteiger partial charge on any atom is -0.488 e. The number of carbonyl (C=O) groups excluding carboxylic acids is 1. The molecule has 1 amide bonds. The van der Waals surface area contributed by atoms with Gasteiger partial charge in [-0.05, 0) is 42.2 Å². The Morgan fingerprint density at radius 3 is 2.71 bits per heavy atom. The van der Waals surface area contributed by atoms with E-state index in [0.29, 0.717) is 30.0 Å². The lowest BCUT2D eigenvalue weighted by atomic mass is 9.65. The number of aromatic nitrogens is 1. The molecular formula is C38H43ClN4O6. The van der Waals surface area contributed by atoms with Crippen molar-refractivity contribution in [2.24, 2.45) is 5.41 Å². The molecule has 49 heavy (non-hydrogen) atoms. The van der Waals surface area contributed by atoms with Crippen LogP contribution in [0.15, 0.2) is 79.2 Å². The molecule has 5 rings (SSSR count). The summed E-state index contributed by atoms with van der Waals surface area (Å²) in [7, 11) is 0. The maximum absolute atomic E-state index is 13.1. The number of nitriles is 1. The molecule has 2 aromatic carbocycles. The van der Waals surface area contributed by atoms with Crippen LogP contribution in [0.2, 0.25) is 5.02 Å². The van der Waals surface area contributed by atoms with Crippen LogP contribution in [0.1, 0.15) is 53.7 Å². The lowest BCUT2D eigenvalue weighted by Crippen LogP contribution is -2.52. The number of amides is 1. The van der Waals surface area contributed by atoms with Crippen LogP contribution in [0.4, 0.5) is 0 Å². The maximum Gasteiger partial charge on any atom is 0.255 e. The van der Waals surface area contributed by atoms with Gasteiger partial charge in [-0.15, -0.1) is 0 Å². The van der Waals surface area contributed by atoms with Gasteiger partial charge in [0.25, 0.3) is 5.91 Å². The molecule has 1 aromatic heterocycles. The first-order chi connectivity index (χ1) is 23.7. The number of likely N-dealkylation sites (tertiary alicyclic amines) is 1. The number of hydrogen-bond acceptors (Lipinski definition) is 9. The molecule has 0 bridgehead atoms. The van der Waals surface area contributed by atoms with Gasteiger partial charge in [-0.2, -0.15) is 5.26 Å². The molecule has 1 unspecified atom stereocenters. The zero-order chi connectivity index (χ0) is 34.9. The first-order valence-corrected chi connectivity index (χ1v) is 16.9. The van der Waals surface area contributed by atoms with E-state index in [1.165, 1.54) is 12.3 Å². The van der Waals surface area contributed by atoms with Gasteiger partial charge in [0.2, 0.25) is 0 Å². The van der Waals surface area contributed by atoms with Crippen molar-refractivity contribution >= 4 is 23.1 Å². The Labute approximate surface area is 292 Å². The third kappa shape index (κ3) is 8.68. The van der Waals surface area contributed by atoms with Gasteiger partial charge in [0.15, 0.2) is 0 Å². The quantitative estimate of drug-likeness (QED) is 0.185. The van der Waals surface area contributed by atoms with Crippen LogP contribution in [0.3, 0.4) is 0 Å². The van der Waals surface area contributed by atoms with E-state index in [4.69, 9.17) is 25.8 Å². The lowest BCUT2D eigenvalue weighted by Gasteiger charge is -2.47. The Balaban J connectivity index is 1.41. The average molecular weight is 687 g/mol. The fraction of sp³-hybridized carbons (Fsp3) is 0.395. The number of halogens is 1. The Morgan fingerprint density at radius 2 is 1.98 bits per heavy atom. The fourth-order valence-electron chi connectivity index (χ4n) is 6.26. The van der Waals surface area contributed by atoms with E-state index >= 15 is 0 Å². The van der Waals surface area contributed by atoms with Gasteiger partial charge in [-0.1, -0.05) is 67.9 Å². The first kappa shape index (κ1) is 36.1. The first-order valence-electron chi connectivity index (χ1n) is 16.5. The van der Waals surface area contributed by atoms with Crippen molar-refractivity contribution in [3.8, 4) is 17.6 Å². The van der Waals surface area contributed by atoms with E-state index in [0.717, 1.165) is 37.1 Å². The molecule has 0 spiro atoms. The van der Waals surface area contributed by atoms with Crippen LogP contribution in [0.25, 0.3) is 5.57 Å². The SMILES string of the molecule is CC1(C)C(c2ccccc2)=CC=C[C@@]1(COc1cc(OCc2cncc(C#N)c2)c(C(=O)NCCO)cc1Cl)OCCCN1CCC(O)C1. The summed E-state index contributed by atoms with van der Waals surface area (Å²) < 4.78 is 19.4. The van der Waals surface area contributed by atoms with Crippen molar-refractivity contribution in [3.63, 3.8) is 0 Å². The zero-order valence-corrected chi connectivity index (χ0v) is 28.7. The molecule has 3 aromatic rings. The summed E-state index contributed by atoms with van der Waals surface area (Å²) in [5.74, 6) is 0.0392. The number of rotatable bonds is 15. The Kier molecular flexibility index (Phi) is 12.1. The second kappa shape index (κ2) is 16.4. The molecule has 1 aliphatic carbocycles. The van der Waals surface area contributed by atoms with Crippen LogP contribution in [-0.4, -0.2) is 83.7 Å². The molecule has 0 saturated carbocycles. The molecule has 2 aliphatic rings. The average Bonchev–Trinajstić information content (AvgIpc) is 3.53. The number of nitrogens with zero attached hydrogens (tertiary/aromatic N) is 3. The molecule has 1 fully saturated rings. The highest BCUT2D eigenvalue weighted by molar-refractivity contribution is 6.32. The highest BCUT2D eigenvalue weighted by atomic mass is 35.5. The largest absolute Gasteiger partial charge is 0.488 e. The van der Waals surface area contributed by atoms with Gasteiger partial charge in [-0.3, -0.25) is 9.78 Å². The van der Waals surface area contributed by atoms with Crippen molar-refractivity contribution < 1.29 is 29.2 Å². The smallest absolute Gasteiger partial charge is 0.255 e. The van der Waals surface area contributed by atoms with Crippen LogP contribution in [0.5, 0.6) is 11.5 Å². The molecule has 2 atom stereocenters. The highest BCUT2D eigenvalue weighted by Gasteiger charge is 2.49.